The number of carbonyl (C=O) groups excluding carboxylic acids is 1. The van der Waals surface area contributed by atoms with Crippen LogP contribution in [0.25, 0.3) is 0 Å². The average Bonchev–Trinajstić information content (AvgIpc) is 2.61. The first-order valence-electron chi connectivity index (χ1n) is 3.31. The Labute approximate surface area is 63.7 Å². The molecule has 2 unspecified atom stereocenters. The zero-order valence-electron chi connectivity index (χ0n) is 5.86. The van der Waals surface area contributed by atoms with Crippen LogP contribution < -0.4 is 5.73 Å². The molecule has 1 saturated carbocycles. The lowest BCUT2D eigenvalue weighted by atomic mass is 10.3. The molecule has 0 spiro atoms. The molecule has 0 aromatic rings. The van der Waals surface area contributed by atoms with Crippen molar-refractivity contribution in [1.29, 1.82) is 0 Å². The van der Waals surface area contributed by atoms with Gasteiger partial charge in [0.25, 0.3) is 0 Å². The Morgan fingerprint density at radius 3 is 2.55 bits per heavy atom. The molecule has 11 heavy (non-hydrogen) atoms. The predicted molar refractivity (Wildman–Crippen MR) is 37.6 cm³/mol. The fraction of sp³-hybridized carbons (Fsp3) is 0.429. The van der Waals surface area contributed by atoms with Crippen LogP contribution in [-0.4, -0.2) is 17.0 Å². The van der Waals surface area contributed by atoms with Crippen LogP contribution in [0.2, 0.25) is 0 Å². The summed E-state index contributed by atoms with van der Waals surface area (Å²) in [5.41, 5.74) is 4.82. The molecular formula is C7H9NO3. The molecule has 0 bridgehead atoms. The van der Waals surface area contributed by atoms with Gasteiger partial charge in [0.05, 0.1) is 5.92 Å². The highest BCUT2D eigenvalue weighted by molar-refractivity contribution is 5.86. The van der Waals surface area contributed by atoms with Crippen LogP contribution in [0.4, 0.5) is 0 Å². The minimum atomic E-state index is -0.802. The summed E-state index contributed by atoms with van der Waals surface area (Å²) in [6.07, 6.45) is 3.40. The number of primary amides is 1. The van der Waals surface area contributed by atoms with Crippen molar-refractivity contribution in [2.75, 3.05) is 0 Å². The molecule has 4 heteroatoms. The Balaban J connectivity index is 2.34. The van der Waals surface area contributed by atoms with Crippen LogP contribution in [-0.2, 0) is 9.59 Å². The van der Waals surface area contributed by atoms with Crippen LogP contribution in [0.5, 0.6) is 0 Å². The fourth-order valence-corrected chi connectivity index (χ4v) is 0.930. The average molecular weight is 155 g/mol. The number of aliphatic carboxylic acids is 1. The van der Waals surface area contributed by atoms with Crippen molar-refractivity contribution in [3.8, 4) is 0 Å². The maximum atomic E-state index is 10.3. The number of rotatable bonds is 3. The molecule has 4 nitrogen and oxygen atoms in total. The lowest BCUT2D eigenvalue weighted by Crippen LogP contribution is -2.06. The molecule has 0 heterocycles. The van der Waals surface area contributed by atoms with Crippen molar-refractivity contribution in [1.82, 2.24) is 0 Å². The molecule has 0 aromatic heterocycles. The highest BCUT2D eigenvalue weighted by Crippen LogP contribution is 2.39. The molecule has 3 N–H and O–H groups in total. The van der Waals surface area contributed by atoms with Crippen molar-refractivity contribution < 1.29 is 14.7 Å². The van der Waals surface area contributed by atoms with E-state index in [-0.39, 0.29) is 11.8 Å². The van der Waals surface area contributed by atoms with E-state index in [1.807, 2.05) is 0 Å². The van der Waals surface area contributed by atoms with E-state index in [9.17, 15) is 9.59 Å². The van der Waals surface area contributed by atoms with Crippen LogP contribution in [0.15, 0.2) is 12.2 Å². The SMILES string of the molecule is NC(=O)/C=C/C1CC1C(=O)O. The van der Waals surface area contributed by atoms with Gasteiger partial charge >= 0.3 is 5.97 Å². The first-order chi connectivity index (χ1) is 5.11. The second kappa shape index (κ2) is 2.74. The van der Waals surface area contributed by atoms with Gasteiger partial charge in [0, 0.05) is 0 Å². The van der Waals surface area contributed by atoms with Crippen molar-refractivity contribution in [2.45, 2.75) is 6.42 Å². The number of hydrogen-bond acceptors (Lipinski definition) is 2. The topological polar surface area (TPSA) is 80.4 Å². The monoisotopic (exact) mass is 155 g/mol. The van der Waals surface area contributed by atoms with E-state index < -0.39 is 11.9 Å². The summed E-state index contributed by atoms with van der Waals surface area (Å²) < 4.78 is 0. The molecule has 1 aliphatic rings. The summed E-state index contributed by atoms with van der Waals surface area (Å²) in [5, 5.41) is 8.44. The van der Waals surface area contributed by atoms with Gasteiger partial charge in [-0.1, -0.05) is 6.08 Å². The summed E-state index contributed by atoms with van der Waals surface area (Å²) in [6.45, 7) is 0. The highest BCUT2D eigenvalue weighted by atomic mass is 16.4. The third kappa shape index (κ3) is 2.07. The Hall–Kier alpha value is -1.32. The number of carbonyl (C=O) groups is 2. The molecule has 2 atom stereocenters. The minimum absolute atomic E-state index is 0.0139. The van der Waals surface area contributed by atoms with Crippen molar-refractivity contribution in [3.63, 3.8) is 0 Å². The van der Waals surface area contributed by atoms with Crippen LogP contribution in [0.3, 0.4) is 0 Å². The molecule has 0 radical (unpaired) electrons. The zero-order chi connectivity index (χ0) is 8.43. The molecule has 1 fully saturated rings. The second-order valence-corrected chi connectivity index (χ2v) is 2.61. The fourth-order valence-electron chi connectivity index (χ4n) is 0.930. The number of amides is 1. The van der Waals surface area contributed by atoms with Gasteiger partial charge in [0.2, 0.25) is 5.91 Å². The Morgan fingerprint density at radius 1 is 1.55 bits per heavy atom. The minimum Gasteiger partial charge on any atom is -0.481 e. The van der Waals surface area contributed by atoms with Gasteiger partial charge in [0.15, 0.2) is 0 Å². The van der Waals surface area contributed by atoms with E-state index in [0.717, 1.165) is 0 Å². The third-order valence-electron chi connectivity index (χ3n) is 1.66. The summed E-state index contributed by atoms with van der Waals surface area (Å²) in [6, 6.07) is 0. The molecule has 1 amide bonds. The molecule has 1 aliphatic carbocycles. The van der Waals surface area contributed by atoms with E-state index >= 15 is 0 Å². The van der Waals surface area contributed by atoms with Gasteiger partial charge in [-0.15, -0.1) is 0 Å². The van der Waals surface area contributed by atoms with Crippen LogP contribution >= 0.6 is 0 Å². The molecule has 0 aliphatic heterocycles. The maximum absolute atomic E-state index is 10.3. The largest absolute Gasteiger partial charge is 0.481 e. The number of allylic oxidation sites excluding steroid dienone is 1. The summed E-state index contributed by atoms with van der Waals surface area (Å²) in [4.78, 5) is 20.5. The molecular weight excluding hydrogens is 146 g/mol. The molecule has 0 saturated heterocycles. The zero-order valence-corrected chi connectivity index (χ0v) is 5.86. The lowest BCUT2D eigenvalue weighted by Gasteiger charge is -1.84. The van der Waals surface area contributed by atoms with E-state index in [1.165, 1.54) is 6.08 Å². The molecule has 60 valence electrons. The van der Waals surface area contributed by atoms with Gasteiger partial charge in [0.1, 0.15) is 0 Å². The lowest BCUT2D eigenvalue weighted by molar-refractivity contribution is -0.138. The number of carboxylic acid groups (broad SMARTS) is 1. The maximum Gasteiger partial charge on any atom is 0.307 e. The van der Waals surface area contributed by atoms with Gasteiger partial charge in [-0.05, 0) is 18.4 Å². The van der Waals surface area contributed by atoms with Gasteiger partial charge in [-0.2, -0.15) is 0 Å². The first kappa shape index (κ1) is 7.78. The smallest absolute Gasteiger partial charge is 0.307 e. The third-order valence-corrected chi connectivity index (χ3v) is 1.66. The molecule has 0 aromatic carbocycles. The standard InChI is InChI=1S/C7H9NO3/c8-6(9)2-1-4-3-5(4)7(10)11/h1-2,4-5H,3H2,(H2,8,9)(H,10,11)/b2-1+. The van der Waals surface area contributed by atoms with Crippen LogP contribution in [0.1, 0.15) is 6.42 Å². The summed E-state index contributed by atoms with van der Waals surface area (Å²) >= 11 is 0. The Kier molecular flexibility index (Phi) is 1.94. The Bertz CT molecular complexity index is 222. The summed E-state index contributed by atoms with van der Waals surface area (Å²) in [7, 11) is 0. The number of nitrogens with two attached hydrogens (primary N) is 1. The van der Waals surface area contributed by atoms with Crippen LogP contribution in [0, 0.1) is 11.8 Å². The van der Waals surface area contributed by atoms with Gasteiger partial charge in [-0.3, -0.25) is 9.59 Å². The summed E-state index contributed by atoms with van der Waals surface area (Å²) in [5.74, 6) is -1.62. The van der Waals surface area contributed by atoms with E-state index in [2.05, 4.69) is 0 Å². The normalized spacial score (nSPS) is 28.7. The highest BCUT2D eigenvalue weighted by Gasteiger charge is 2.41. The van der Waals surface area contributed by atoms with Crippen molar-refractivity contribution in [2.24, 2.45) is 17.6 Å². The van der Waals surface area contributed by atoms with E-state index in [1.54, 1.807) is 6.08 Å². The number of carboxylic acids is 1. The van der Waals surface area contributed by atoms with Crippen molar-refractivity contribution >= 4 is 11.9 Å². The van der Waals surface area contributed by atoms with Crippen molar-refractivity contribution in [3.05, 3.63) is 12.2 Å². The molecule has 1 rings (SSSR count). The second-order valence-electron chi connectivity index (χ2n) is 2.61. The van der Waals surface area contributed by atoms with E-state index in [0.29, 0.717) is 6.42 Å². The van der Waals surface area contributed by atoms with E-state index in [4.69, 9.17) is 10.8 Å². The van der Waals surface area contributed by atoms with Gasteiger partial charge < -0.3 is 10.8 Å². The first-order valence-corrected chi connectivity index (χ1v) is 3.31. The number of hydrogen-bond donors (Lipinski definition) is 2. The Morgan fingerprint density at radius 2 is 2.18 bits per heavy atom. The predicted octanol–water partition coefficient (Wildman–Crippen LogP) is -0.251. The quantitative estimate of drug-likeness (QED) is 0.551. The van der Waals surface area contributed by atoms with Gasteiger partial charge in [-0.25, -0.2) is 0 Å².